The van der Waals surface area contributed by atoms with Crippen LogP contribution in [0.3, 0.4) is 0 Å². The van der Waals surface area contributed by atoms with Gasteiger partial charge in [-0.25, -0.2) is 0 Å². The lowest BCUT2D eigenvalue weighted by molar-refractivity contribution is -0.143. The van der Waals surface area contributed by atoms with Crippen molar-refractivity contribution in [3.05, 3.63) is 19.2 Å². The summed E-state index contributed by atoms with van der Waals surface area (Å²) in [5, 5.41) is 0. The Morgan fingerprint density at radius 1 is 1.62 bits per heavy atom. The molecule has 0 aliphatic rings. The molecule has 0 saturated heterocycles. The smallest absolute Gasteiger partial charge is 0.307 e. The van der Waals surface area contributed by atoms with Crippen molar-refractivity contribution in [1.82, 2.24) is 0 Å². The Balaban J connectivity index is 0.00000225. The van der Waals surface area contributed by atoms with Crippen LogP contribution in [0, 0.1) is 0 Å². The summed E-state index contributed by atoms with van der Waals surface area (Å²) >= 11 is 8.27. The Kier molecular flexibility index (Phi) is 7.84. The van der Waals surface area contributed by atoms with Gasteiger partial charge in [-0.05, 0) is 44.8 Å². The second kappa shape index (κ2) is 7.66. The van der Waals surface area contributed by atoms with Crippen LogP contribution in [0.4, 0.5) is 0 Å². The average Bonchev–Trinajstić information content (AvgIpc) is 2.47. The zero-order chi connectivity index (χ0) is 11.4. The molecule has 0 aliphatic carbocycles. The Labute approximate surface area is 121 Å². The van der Waals surface area contributed by atoms with Gasteiger partial charge in [-0.1, -0.05) is 0 Å². The lowest BCUT2D eigenvalue weighted by Crippen LogP contribution is -2.16. The number of hydrogen-bond acceptors (Lipinski definition) is 4. The lowest BCUT2D eigenvalue weighted by Gasteiger charge is -2.07. The van der Waals surface area contributed by atoms with Gasteiger partial charge >= 0.3 is 5.97 Å². The van der Waals surface area contributed by atoms with E-state index in [0.29, 0.717) is 6.61 Å². The zero-order valence-corrected chi connectivity index (χ0v) is 13.3. The highest BCUT2D eigenvalue weighted by molar-refractivity contribution is 9.13. The van der Waals surface area contributed by atoms with Crippen LogP contribution in [0.1, 0.15) is 24.3 Å². The highest BCUT2D eigenvalue weighted by Crippen LogP contribution is 2.35. The highest BCUT2D eigenvalue weighted by Gasteiger charge is 2.15. The van der Waals surface area contributed by atoms with Crippen LogP contribution >= 0.6 is 55.6 Å². The number of hydrogen-bond donors (Lipinski definition) is 1. The van der Waals surface area contributed by atoms with Crippen LogP contribution in [0.25, 0.3) is 0 Å². The van der Waals surface area contributed by atoms with E-state index >= 15 is 0 Å². The third kappa shape index (κ3) is 4.71. The van der Waals surface area contributed by atoms with E-state index in [1.165, 1.54) is 11.3 Å². The first kappa shape index (κ1) is 16.4. The van der Waals surface area contributed by atoms with E-state index in [9.17, 15) is 4.79 Å². The Morgan fingerprint density at radius 3 is 2.69 bits per heavy atom. The molecule has 0 amide bonds. The molecule has 7 heteroatoms. The number of carbonyl (C=O) groups is 1. The second-order valence-corrected chi connectivity index (χ2v) is 6.14. The van der Waals surface area contributed by atoms with Crippen molar-refractivity contribution < 1.29 is 9.53 Å². The van der Waals surface area contributed by atoms with Crippen molar-refractivity contribution >= 4 is 61.6 Å². The third-order valence-electron chi connectivity index (χ3n) is 1.72. The number of ether oxygens (including phenoxy) is 1. The van der Waals surface area contributed by atoms with E-state index in [0.717, 1.165) is 13.1 Å². The van der Waals surface area contributed by atoms with Gasteiger partial charge in [0.1, 0.15) is 0 Å². The molecule has 0 aromatic carbocycles. The van der Waals surface area contributed by atoms with E-state index in [-0.39, 0.29) is 30.8 Å². The van der Waals surface area contributed by atoms with Crippen molar-refractivity contribution in [2.24, 2.45) is 5.73 Å². The summed E-state index contributed by atoms with van der Waals surface area (Å²) < 4.78 is 6.78. The van der Waals surface area contributed by atoms with Gasteiger partial charge in [-0.2, -0.15) is 0 Å². The molecule has 1 heterocycles. The van der Waals surface area contributed by atoms with Crippen LogP contribution in [0.5, 0.6) is 0 Å². The molecule has 0 unspecified atom stereocenters. The van der Waals surface area contributed by atoms with Crippen LogP contribution in [-0.4, -0.2) is 12.6 Å². The largest absolute Gasteiger partial charge is 0.466 e. The van der Waals surface area contributed by atoms with Crippen molar-refractivity contribution in [1.29, 1.82) is 0 Å². The Hall–Kier alpha value is 0.380. The Bertz CT molecular complexity index is 340. The molecule has 1 atom stereocenters. The minimum Gasteiger partial charge on any atom is -0.466 e. The molecule has 16 heavy (non-hydrogen) atoms. The summed E-state index contributed by atoms with van der Waals surface area (Å²) in [6.07, 6.45) is 0.216. The highest BCUT2D eigenvalue weighted by atomic mass is 79.9. The monoisotopic (exact) mass is 391 g/mol. The van der Waals surface area contributed by atoms with Crippen LogP contribution in [0.2, 0.25) is 0 Å². The maximum atomic E-state index is 11.2. The minimum absolute atomic E-state index is 0. The first-order valence-electron chi connectivity index (χ1n) is 4.40. The van der Waals surface area contributed by atoms with Crippen molar-refractivity contribution in [3.63, 3.8) is 0 Å². The molecule has 0 spiro atoms. The first-order valence-corrected chi connectivity index (χ1v) is 6.80. The van der Waals surface area contributed by atoms with E-state index in [1.54, 1.807) is 6.92 Å². The van der Waals surface area contributed by atoms with Crippen LogP contribution in [-0.2, 0) is 9.53 Å². The maximum Gasteiger partial charge on any atom is 0.307 e. The maximum absolute atomic E-state index is 11.2. The standard InChI is InChI=1S/C9H11Br2NO2S.ClH/c1-2-14-8(13)4-6(12)7-3-5(10)9(11)15-7;/h3,6H,2,4,12H2,1H3;1H/t6-;/m1./s1. The summed E-state index contributed by atoms with van der Waals surface area (Å²) in [5.74, 6) is -0.259. The van der Waals surface area contributed by atoms with Crippen LogP contribution in [0.15, 0.2) is 14.3 Å². The molecule has 0 radical (unpaired) electrons. The normalized spacial score (nSPS) is 11.8. The number of nitrogens with two attached hydrogens (primary N) is 1. The van der Waals surface area contributed by atoms with Gasteiger partial charge in [0.2, 0.25) is 0 Å². The van der Waals surface area contributed by atoms with Gasteiger partial charge in [0, 0.05) is 15.4 Å². The SMILES string of the molecule is CCOC(=O)C[C@@H](N)c1cc(Br)c(Br)s1.Cl. The number of thiophene rings is 1. The molecule has 92 valence electrons. The predicted octanol–water partition coefficient (Wildman–Crippen LogP) is 3.65. The summed E-state index contributed by atoms with van der Waals surface area (Å²) in [6.45, 7) is 2.17. The van der Waals surface area contributed by atoms with Gasteiger partial charge in [0.05, 0.1) is 16.8 Å². The van der Waals surface area contributed by atoms with Gasteiger partial charge < -0.3 is 10.5 Å². The molecule has 0 aliphatic heterocycles. The average molecular weight is 394 g/mol. The van der Waals surface area contributed by atoms with Crippen molar-refractivity contribution in [2.75, 3.05) is 6.61 Å². The number of carbonyl (C=O) groups excluding carboxylic acids is 1. The van der Waals surface area contributed by atoms with E-state index in [4.69, 9.17) is 10.5 Å². The molecule has 0 fully saturated rings. The van der Waals surface area contributed by atoms with Gasteiger partial charge in [-0.3, -0.25) is 4.79 Å². The minimum atomic E-state index is -0.295. The second-order valence-electron chi connectivity index (χ2n) is 2.89. The molecule has 3 nitrogen and oxygen atoms in total. The number of esters is 1. The topological polar surface area (TPSA) is 52.3 Å². The summed E-state index contributed by atoms with van der Waals surface area (Å²) in [4.78, 5) is 12.2. The molecule has 1 aromatic rings. The van der Waals surface area contributed by atoms with Crippen molar-refractivity contribution in [2.45, 2.75) is 19.4 Å². The number of rotatable bonds is 4. The lowest BCUT2D eigenvalue weighted by atomic mass is 10.2. The summed E-state index contributed by atoms with van der Waals surface area (Å²) in [7, 11) is 0. The molecule has 0 saturated carbocycles. The van der Waals surface area contributed by atoms with Crippen LogP contribution < -0.4 is 5.73 Å². The van der Waals surface area contributed by atoms with Gasteiger partial charge in [-0.15, -0.1) is 23.7 Å². The molecule has 1 aromatic heterocycles. The Morgan fingerprint density at radius 2 is 2.25 bits per heavy atom. The fourth-order valence-corrected chi connectivity index (χ4v) is 3.14. The molecule has 2 N–H and O–H groups in total. The fourth-order valence-electron chi connectivity index (χ4n) is 1.05. The quantitative estimate of drug-likeness (QED) is 0.795. The fraction of sp³-hybridized carbons (Fsp3) is 0.444. The summed E-state index contributed by atoms with van der Waals surface area (Å²) in [5.41, 5.74) is 5.88. The van der Waals surface area contributed by atoms with E-state index in [2.05, 4.69) is 31.9 Å². The molecule has 0 bridgehead atoms. The summed E-state index contributed by atoms with van der Waals surface area (Å²) in [6, 6.07) is 1.62. The molecular formula is C9H12Br2ClNO2S. The molecule has 1 rings (SSSR count). The van der Waals surface area contributed by atoms with E-state index in [1.807, 2.05) is 6.07 Å². The third-order valence-corrected chi connectivity index (χ3v) is 5.11. The van der Waals surface area contributed by atoms with E-state index < -0.39 is 0 Å². The van der Waals surface area contributed by atoms with Gasteiger partial charge in [0.25, 0.3) is 0 Å². The molecular weight excluding hydrogens is 381 g/mol. The van der Waals surface area contributed by atoms with Gasteiger partial charge in [0.15, 0.2) is 0 Å². The van der Waals surface area contributed by atoms with Crippen molar-refractivity contribution in [3.8, 4) is 0 Å². The first-order chi connectivity index (χ1) is 7.04. The predicted molar refractivity (Wildman–Crippen MR) is 75.1 cm³/mol. The zero-order valence-electron chi connectivity index (χ0n) is 8.54. The number of halogens is 3.